The Balaban J connectivity index is 2.13. The van der Waals surface area contributed by atoms with Gasteiger partial charge in [0.25, 0.3) is 0 Å². The summed E-state index contributed by atoms with van der Waals surface area (Å²) in [5.41, 5.74) is 8.01. The molecule has 0 aliphatic rings. The summed E-state index contributed by atoms with van der Waals surface area (Å²) in [7, 11) is 0. The highest BCUT2D eigenvalue weighted by atomic mass is 15.0. The average molecular weight is 265 g/mol. The standard InChI is InChI=1S/C17H19N3/c1-3-17(2,18)16-19-11-15(20-16)14-10-6-8-12-7-4-5-9-13(12)14/h4-11H,3,18H2,1-2H3,(H,19,20). The number of benzene rings is 2. The molecule has 0 aliphatic carbocycles. The van der Waals surface area contributed by atoms with Gasteiger partial charge in [0.2, 0.25) is 0 Å². The maximum atomic E-state index is 6.25. The monoisotopic (exact) mass is 265 g/mol. The van der Waals surface area contributed by atoms with Crippen molar-refractivity contribution in [2.45, 2.75) is 25.8 Å². The van der Waals surface area contributed by atoms with Gasteiger partial charge in [-0.05, 0) is 24.1 Å². The van der Waals surface area contributed by atoms with Gasteiger partial charge in [-0.2, -0.15) is 0 Å². The average Bonchev–Trinajstić information content (AvgIpc) is 2.97. The lowest BCUT2D eigenvalue weighted by Gasteiger charge is -2.19. The number of aromatic amines is 1. The summed E-state index contributed by atoms with van der Waals surface area (Å²) < 4.78 is 0. The summed E-state index contributed by atoms with van der Waals surface area (Å²) in [5, 5.41) is 2.45. The minimum absolute atomic E-state index is 0.414. The van der Waals surface area contributed by atoms with Gasteiger partial charge in [0.1, 0.15) is 5.82 Å². The van der Waals surface area contributed by atoms with Gasteiger partial charge < -0.3 is 10.7 Å². The van der Waals surface area contributed by atoms with Crippen LogP contribution in [-0.4, -0.2) is 9.97 Å². The molecule has 1 aromatic heterocycles. The summed E-state index contributed by atoms with van der Waals surface area (Å²) in [6, 6.07) is 14.7. The van der Waals surface area contributed by atoms with E-state index in [1.807, 2.05) is 13.1 Å². The van der Waals surface area contributed by atoms with Crippen LogP contribution in [0.15, 0.2) is 48.7 Å². The third kappa shape index (κ3) is 2.10. The molecule has 102 valence electrons. The van der Waals surface area contributed by atoms with Crippen LogP contribution in [0.5, 0.6) is 0 Å². The van der Waals surface area contributed by atoms with Crippen molar-refractivity contribution in [1.29, 1.82) is 0 Å². The summed E-state index contributed by atoms with van der Waals surface area (Å²) >= 11 is 0. The van der Waals surface area contributed by atoms with Crippen LogP contribution in [0.3, 0.4) is 0 Å². The number of aromatic nitrogens is 2. The minimum Gasteiger partial charge on any atom is -0.340 e. The normalized spacial score (nSPS) is 14.3. The van der Waals surface area contributed by atoms with Crippen molar-refractivity contribution in [2.24, 2.45) is 5.73 Å². The number of fused-ring (bicyclic) bond motifs is 1. The highest BCUT2D eigenvalue weighted by Crippen LogP contribution is 2.29. The van der Waals surface area contributed by atoms with Gasteiger partial charge in [-0.15, -0.1) is 0 Å². The van der Waals surface area contributed by atoms with E-state index >= 15 is 0 Å². The molecule has 0 aliphatic heterocycles. The largest absolute Gasteiger partial charge is 0.340 e. The van der Waals surface area contributed by atoms with Crippen LogP contribution in [-0.2, 0) is 5.54 Å². The molecule has 0 fully saturated rings. The third-order valence-electron chi connectivity index (χ3n) is 3.93. The Morgan fingerprint density at radius 2 is 1.90 bits per heavy atom. The molecule has 0 saturated heterocycles. The third-order valence-corrected chi connectivity index (χ3v) is 3.93. The summed E-state index contributed by atoms with van der Waals surface area (Å²) in [6.07, 6.45) is 2.72. The zero-order valence-electron chi connectivity index (χ0n) is 11.9. The fourth-order valence-corrected chi connectivity index (χ4v) is 2.38. The lowest BCUT2D eigenvalue weighted by atomic mass is 10.00. The molecule has 20 heavy (non-hydrogen) atoms. The van der Waals surface area contributed by atoms with Gasteiger partial charge in [0, 0.05) is 5.56 Å². The Labute approximate surface area is 118 Å². The van der Waals surface area contributed by atoms with Crippen molar-refractivity contribution in [3.63, 3.8) is 0 Å². The summed E-state index contributed by atoms with van der Waals surface area (Å²) in [5.74, 6) is 0.836. The Kier molecular flexibility index (Phi) is 3.07. The van der Waals surface area contributed by atoms with E-state index in [1.54, 1.807) is 0 Å². The molecule has 1 atom stereocenters. The topological polar surface area (TPSA) is 54.7 Å². The van der Waals surface area contributed by atoms with Crippen molar-refractivity contribution in [2.75, 3.05) is 0 Å². The van der Waals surface area contributed by atoms with Gasteiger partial charge in [0.05, 0.1) is 17.4 Å². The molecular formula is C17H19N3. The molecule has 3 aromatic rings. The smallest absolute Gasteiger partial charge is 0.126 e. The van der Waals surface area contributed by atoms with E-state index in [0.717, 1.165) is 23.5 Å². The van der Waals surface area contributed by atoms with Gasteiger partial charge in [0.15, 0.2) is 0 Å². The summed E-state index contributed by atoms with van der Waals surface area (Å²) in [4.78, 5) is 7.84. The van der Waals surface area contributed by atoms with E-state index < -0.39 is 5.54 Å². The number of nitrogens with one attached hydrogen (secondary N) is 1. The number of hydrogen-bond donors (Lipinski definition) is 2. The second kappa shape index (κ2) is 4.76. The first-order valence-corrected chi connectivity index (χ1v) is 6.94. The van der Waals surface area contributed by atoms with Crippen molar-refractivity contribution in [1.82, 2.24) is 9.97 Å². The van der Waals surface area contributed by atoms with Crippen LogP contribution in [0.25, 0.3) is 22.0 Å². The predicted octanol–water partition coefficient (Wildman–Crippen LogP) is 3.81. The van der Waals surface area contributed by atoms with Crippen LogP contribution < -0.4 is 5.73 Å². The molecule has 0 spiro atoms. The molecule has 1 unspecified atom stereocenters. The van der Waals surface area contributed by atoms with Crippen molar-refractivity contribution >= 4 is 10.8 Å². The van der Waals surface area contributed by atoms with E-state index in [0.29, 0.717) is 0 Å². The fraction of sp³-hybridized carbons (Fsp3) is 0.235. The number of H-pyrrole nitrogens is 1. The highest BCUT2D eigenvalue weighted by molar-refractivity contribution is 5.95. The molecule has 0 bridgehead atoms. The summed E-state index contributed by atoms with van der Waals surface area (Å²) in [6.45, 7) is 4.07. The zero-order chi connectivity index (χ0) is 14.2. The van der Waals surface area contributed by atoms with Gasteiger partial charge in [-0.3, -0.25) is 0 Å². The van der Waals surface area contributed by atoms with E-state index in [2.05, 4.69) is 59.4 Å². The first-order chi connectivity index (χ1) is 9.62. The minimum atomic E-state index is -0.414. The lowest BCUT2D eigenvalue weighted by molar-refractivity contribution is 0.450. The first kappa shape index (κ1) is 12.9. The lowest BCUT2D eigenvalue weighted by Crippen LogP contribution is -2.33. The number of nitrogens with two attached hydrogens (primary N) is 1. The van der Waals surface area contributed by atoms with Crippen LogP contribution >= 0.6 is 0 Å². The molecule has 3 rings (SSSR count). The molecule has 0 amide bonds. The van der Waals surface area contributed by atoms with E-state index in [4.69, 9.17) is 5.73 Å². The van der Waals surface area contributed by atoms with E-state index in [-0.39, 0.29) is 0 Å². The molecular weight excluding hydrogens is 246 g/mol. The Hall–Kier alpha value is -2.13. The zero-order valence-corrected chi connectivity index (χ0v) is 11.9. The predicted molar refractivity (Wildman–Crippen MR) is 83.4 cm³/mol. The van der Waals surface area contributed by atoms with Crippen LogP contribution in [0.2, 0.25) is 0 Å². The van der Waals surface area contributed by atoms with Crippen molar-refractivity contribution in [3.8, 4) is 11.3 Å². The van der Waals surface area contributed by atoms with Crippen molar-refractivity contribution in [3.05, 3.63) is 54.5 Å². The van der Waals surface area contributed by atoms with Gasteiger partial charge >= 0.3 is 0 Å². The number of imidazole rings is 1. The molecule has 3 heteroatoms. The maximum Gasteiger partial charge on any atom is 0.126 e. The Bertz CT molecular complexity index is 735. The molecule has 3 nitrogen and oxygen atoms in total. The first-order valence-electron chi connectivity index (χ1n) is 6.94. The number of rotatable bonds is 3. The van der Waals surface area contributed by atoms with Gasteiger partial charge in [-0.1, -0.05) is 49.4 Å². The Morgan fingerprint density at radius 1 is 1.15 bits per heavy atom. The van der Waals surface area contributed by atoms with Crippen LogP contribution in [0, 0.1) is 0 Å². The van der Waals surface area contributed by atoms with E-state index in [9.17, 15) is 0 Å². The quantitative estimate of drug-likeness (QED) is 0.756. The number of nitrogens with zero attached hydrogens (tertiary/aromatic N) is 1. The maximum absolute atomic E-state index is 6.25. The molecule has 2 aromatic carbocycles. The van der Waals surface area contributed by atoms with E-state index in [1.165, 1.54) is 10.8 Å². The Morgan fingerprint density at radius 3 is 2.70 bits per heavy atom. The molecule has 0 saturated carbocycles. The molecule has 3 N–H and O–H groups in total. The van der Waals surface area contributed by atoms with Crippen molar-refractivity contribution < 1.29 is 0 Å². The fourth-order valence-electron chi connectivity index (χ4n) is 2.38. The number of hydrogen-bond acceptors (Lipinski definition) is 2. The highest BCUT2D eigenvalue weighted by Gasteiger charge is 2.22. The molecule has 1 heterocycles. The van der Waals surface area contributed by atoms with Crippen LogP contribution in [0.1, 0.15) is 26.1 Å². The van der Waals surface area contributed by atoms with Crippen LogP contribution in [0.4, 0.5) is 0 Å². The molecule has 0 radical (unpaired) electrons. The van der Waals surface area contributed by atoms with Gasteiger partial charge in [-0.25, -0.2) is 4.98 Å². The second-order valence-corrected chi connectivity index (χ2v) is 5.44. The SMILES string of the molecule is CCC(C)(N)c1ncc(-c2cccc3ccccc23)[nH]1. The second-order valence-electron chi connectivity index (χ2n) is 5.44.